The standard InChI is InChI=1S/C23H27N3O4/c1-17(27)26-16-22(30-21-9-5-4-8-20(21)26)23(28)24-14-18-6-2-3-7-19(18)15-25-10-12-29-13-11-25/h2-9,22H,10-16H2,1H3,(H,24,28)/t22-/m1/s1. The van der Waals surface area contributed by atoms with Crippen molar-refractivity contribution in [3.05, 3.63) is 59.7 Å². The second-order valence-corrected chi connectivity index (χ2v) is 7.58. The van der Waals surface area contributed by atoms with Gasteiger partial charge >= 0.3 is 0 Å². The molecule has 0 radical (unpaired) electrons. The molecule has 1 atom stereocenters. The minimum absolute atomic E-state index is 0.112. The third-order valence-electron chi connectivity index (χ3n) is 5.52. The number of hydrogen-bond donors (Lipinski definition) is 1. The van der Waals surface area contributed by atoms with Gasteiger partial charge in [-0.3, -0.25) is 14.5 Å². The molecular formula is C23H27N3O4. The Kier molecular flexibility index (Phi) is 6.30. The quantitative estimate of drug-likeness (QED) is 0.817. The van der Waals surface area contributed by atoms with Crippen LogP contribution < -0.4 is 15.0 Å². The summed E-state index contributed by atoms with van der Waals surface area (Å²) in [4.78, 5) is 28.9. The lowest BCUT2D eigenvalue weighted by Crippen LogP contribution is -2.50. The molecule has 2 aromatic rings. The molecular weight excluding hydrogens is 382 g/mol. The van der Waals surface area contributed by atoms with Gasteiger partial charge < -0.3 is 19.7 Å². The van der Waals surface area contributed by atoms with E-state index in [2.05, 4.69) is 16.3 Å². The fourth-order valence-corrected chi connectivity index (χ4v) is 3.85. The van der Waals surface area contributed by atoms with Crippen molar-refractivity contribution in [2.24, 2.45) is 0 Å². The molecule has 0 aromatic heterocycles. The van der Waals surface area contributed by atoms with E-state index in [4.69, 9.17) is 9.47 Å². The van der Waals surface area contributed by atoms with Crippen LogP contribution >= 0.6 is 0 Å². The van der Waals surface area contributed by atoms with Crippen LogP contribution in [0.2, 0.25) is 0 Å². The van der Waals surface area contributed by atoms with Crippen LogP contribution in [-0.4, -0.2) is 55.7 Å². The summed E-state index contributed by atoms with van der Waals surface area (Å²) < 4.78 is 11.3. The lowest BCUT2D eigenvalue weighted by molar-refractivity contribution is -0.128. The summed E-state index contributed by atoms with van der Waals surface area (Å²) in [6.45, 7) is 6.29. The second kappa shape index (κ2) is 9.28. The van der Waals surface area contributed by atoms with Crippen molar-refractivity contribution in [2.75, 3.05) is 37.7 Å². The Labute approximate surface area is 176 Å². The summed E-state index contributed by atoms with van der Waals surface area (Å²) in [7, 11) is 0. The SMILES string of the molecule is CC(=O)N1C[C@H](C(=O)NCc2ccccc2CN2CCOCC2)Oc2ccccc21. The maximum atomic E-state index is 12.8. The molecule has 2 aliphatic heterocycles. The number of ether oxygens (including phenoxy) is 2. The third-order valence-corrected chi connectivity index (χ3v) is 5.52. The van der Waals surface area contributed by atoms with Crippen molar-refractivity contribution in [3.8, 4) is 5.75 Å². The van der Waals surface area contributed by atoms with Crippen LogP contribution in [0.4, 0.5) is 5.69 Å². The summed E-state index contributed by atoms with van der Waals surface area (Å²) in [6.07, 6.45) is -0.741. The topological polar surface area (TPSA) is 71.1 Å². The first-order valence-corrected chi connectivity index (χ1v) is 10.3. The normalized spacial score (nSPS) is 19.0. The summed E-state index contributed by atoms with van der Waals surface area (Å²) in [5.74, 6) is 0.211. The number of para-hydroxylation sites is 2. The predicted octanol–water partition coefficient (Wildman–Crippen LogP) is 1.95. The van der Waals surface area contributed by atoms with Crippen LogP contribution in [0.1, 0.15) is 18.1 Å². The molecule has 4 rings (SSSR count). The van der Waals surface area contributed by atoms with E-state index in [-0.39, 0.29) is 18.4 Å². The first-order chi connectivity index (χ1) is 14.6. The summed E-state index contributed by atoms with van der Waals surface area (Å²) >= 11 is 0. The van der Waals surface area contributed by atoms with E-state index < -0.39 is 6.10 Å². The highest BCUT2D eigenvalue weighted by Crippen LogP contribution is 2.33. The maximum Gasteiger partial charge on any atom is 0.263 e. The highest BCUT2D eigenvalue weighted by Gasteiger charge is 2.32. The number of amides is 2. The van der Waals surface area contributed by atoms with Gasteiger partial charge in [-0.05, 0) is 23.3 Å². The number of benzene rings is 2. The van der Waals surface area contributed by atoms with Gasteiger partial charge in [0.15, 0.2) is 6.10 Å². The number of hydrogen-bond acceptors (Lipinski definition) is 5. The zero-order valence-electron chi connectivity index (χ0n) is 17.2. The lowest BCUT2D eigenvalue weighted by Gasteiger charge is -2.33. The molecule has 7 nitrogen and oxygen atoms in total. The van der Waals surface area contributed by atoms with Gasteiger partial charge in [0.05, 0.1) is 25.4 Å². The van der Waals surface area contributed by atoms with Crippen LogP contribution in [0.3, 0.4) is 0 Å². The maximum absolute atomic E-state index is 12.8. The van der Waals surface area contributed by atoms with Crippen molar-refractivity contribution in [3.63, 3.8) is 0 Å². The summed E-state index contributed by atoms with van der Waals surface area (Å²) in [5, 5.41) is 2.99. The van der Waals surface area contributed by atoms with E-state index in [1.54, 1.807) is 11.0 Å². The molecule has 0 bridgehead atoms. The van der Waals surface area contributed by atoms with Crippen LogP contribution in [-0.2, 0) is 27.4 Å². The van der Waals surface area contributed by atoms with E-state index in [1.807, 2.05) is 36.4 Å². The van der Waals surface area contributed by atoms with Crippen molar-refractivity contribution in [1.82, 2.24) is 10.2 Å². The minimum atomic E-state index is -0.741. The van der Waals surface area contributed by atoms with E-state index in [9.17, 15) is 9.59 Å². The Balaban J connectivity index is 1.41. The van der Waals surface area contributed by atoms with Crippen LogP contribution in [0.25, 0.3) is 0 Å². The van der Waals surface area contributed by atoms with Gasteiger partial charge in [-0.25, -0.2) is 0 Å². The molecule has 7 heteroatoms. The molecule has 2 aliphatic rings. The molecule has 0 unspecified atom stereocenters. The highest BCUT2D eigenvalue weighted by molar-refractivity contribution is 5.95. The first-order valence-electron chi connectivity index (χ1n) is 10.3. The largest absolute Gasteiger partial charge is 0.477 e. The molecule has 2 amide bonds. The Morgan fingerprint density at radius 2 is 1.73 bits per heavy atom. The molecule has 2 aromatic carbocycles. The van der Waals surface area contributed by atoms with Crippen molar-refractivity contribution < 1.29 is 19.1 Å². The predicted molar refractivity (Wildman–Crippen MR) is 113 cm³/mol. The van der Waals surface area contributed by atoms with Gasteiger partial charge in [-0.1, -0.05) is 36.4 Å². The number of nitrogens with zero attached hydrogens (tertiary/aromatic N) is 2. The number of fused-ring (bicyclic) bond motifs is 1. The molecule has 0 saturated carbocycles. The molecule has 0 aliphatic carbocycles. The number of carbonyl (C=O) groups excluding carboxylic acids is 2. The van der Waals surface area contributed by atoms with E-state index >= 15 is 0 Å². The van der Waals surface area contributed by atoms with Crippen LogP contribution in [0.15, 0.2) is 48.5 Å². The Hall–Kier alpha value is -2.90. The fraction of sp³-hybridized carbons (Fsp3) is 0.391. The van der Waals surface area contributed by atoms with Gasteiger partial charge in [-0.15, -0.1) is 0 Å². The fourth-order valence-electron chi connectivity index (χ4n) is 3.85. The summed E-state index contributed by atoms with van der Waals surface area (Å²) in [6, 6.07) is 15.4. The zero-order chi connectivity index (χ0) is 20.9. The third kappa shape index (κ3) is 4.63. The van der Waals surface area contributed by atoms with E-state index in [1.165, 1.54) is 12.5 Å². The summed E-state index contributed by atoms with van der Waals surface area (Å²) in [5.41, 5.74) is 2.97. The number of anilines is 1. The van der Waals surface area contributed by atoms with Crippen LogP contribution in [0, 0.1) is 0 Å². The molecule has 1 fully saturated rings. The lowest BCUT2D eigenvalue weighted by atomic mass is 10.1. The smallest absolute Gasteiger partial charge is 0.263 e. The number of carbonyl (C=O) groups is 2. The molecule has 2 heterocycles. The van der Waals surface area contributed by atoms with Gasteiger partial charge in [-0.2, -0.15) is 0 Å². The molecule has 0 spiro atoms. The molecule has 30 heavy (non-hydrogen) atoms. The minimum Gasteiger partial charge on any atom is -0.477 e. The number of morpholine rings is 1. The average molecular weight is 409 g/mol. The zero-order valence-corrected chi connectivity index (χ0v) is 17.2. The second-order valence-electron chi connectivity index (χ2n) is 7.58. The number of rotatable bonds is 5. The van der Waals surface area contributed by atoms with E-state index in [0.29, 0.717) is 18.0 Å². The van der Waals surface area contributed by atoms with Crippen molar-refractivity contribution in [1.29, 1.82) is 0 Å². The van der Waals surface area contributed by atoms with Gasteiger partial charge in [0.1, 0.15) is 5.75 Å². The Morgan fingerprint density at radius 3 is 2.50 bits per heavy atom. The first kappa shape index (κ1) is 20.4. The molecule has 1 saturated heterocycles. The Morgan fingerprint density at radius 1 is 1.03 bits per heavy atom. The Bertz CT molecular complexity index is 911. The van der Waals surface area contributed by atoms with Gasteiger partial charge in [0.2, 0.25) is 5.91 Å². The van der Waals surface area contributed by atoms with Gasteiger partial charge in [0.25, 0.3) is 5.91 Å². The average Bonchev–Trinajstić information content (AvgIpc) is 2.78. The van der Waals surface area contributed by atoms with Crippen LogP contribution in [0.5, 0.6) is 5.75 Å². The van der Waals surface area contributed by atoms with Crippen molar-refractivity contribution >= 4 is 17.5 Å². The highest BCUT2D eigenvalue weighted by atomic mass is 16.5. The van der Waals surface area contributed by atoms with E-state index in [0.717, 1.165) is 38.4 Å². The number of nitrogens with one attached hydrogen (secondary N) is 1. The van der Waals surface area contributed by atoms with Gasteiger partial charge in [0, 0.05) is 33.1 Å². The van der Waals surface area contributed by atoms with Crippen molar-refractivity contribution in [2.45, 2.75) is 26.1 Å². The molecule has 1 N–H and O–H groups in total. The monoisotopic (exact) mass is 409 g/mol. The molecule has 158 valence electrons.